The second-order valence-electron chi connectivity index (χ2n) is 10.6. The molecule has 0 spiro atoms. The molecule has 4 aromatic carbocycles. The maximum absolute atomic E-state index is 14.4. The standard InChI is InChI=1S/C35H35BrFN3O5/c1-43-30-11-5-9-26(22-30)32-35(23-27-8-2-3-12-31(27)36,34(42)40-38-18-17-24-7-4-10-28(37)21-24)39-33(45-32)25-13-15-29(16-14-25)44-20-6-19-41/h2-5,7-16,21-22,32,38,41H,6,17-20,23H2,1H3,(H,40,42)/t32-,35-/m0/s1. The van der Waals surface area contributed by atoms with Crippen molar-refractivity contribution in [2.45, 2.75) is 30.9 Å². The van der Waals surface area contributed by atoms with E-state index in [1.54, 1.807) is 25.3 Å². The van der Waals surface area contributed by atoms with Crippen molar-refractivity contribution in [1.82, 2.24) is 10.9 Å². The van der Waals surface area contributed by atoms with Crippen LogP contribution in [0.25, 0.3) is 0 Å². The highest BCUT2D eigenvalue weighted by molar-refractivity contribution is 9.10. The van der Waals surface area contributed by atoms with E-state index in [0.717, 1.165) is 21.2 Å². The van der Waals surface area contributed by atoms with E-state index in [1.807, 2.05) is 66.7 Å². The van der Waals surface area contributed by atoms with Crippen LogP contribution in [0.3, 0.4) is 0 Å². The van der Waals surface area contributed by atoms with Gasteiger partial charge in [0.25, 0.3) is 5.91 Å². The summed E-state index contributed by atoms with van der Waals surface area (Å²) in [5.74, 6) is 0.892. The molecule has 1 aliphatic rings. The summed E-state index contributed by atoms with van der Waals surface area (Å²) in [6.07, 6.45) is 0.453. The van der Waals surface area contributed by atoms with E-state index >= 15 is 0 Å². The molecule has 0 radical (unpaired) electrons. The van der Waals surface area contributed by atoms with E-state index in [9.17, 15) is 9.18 Å². The number of aliphatic hydroxyl groups is 1. The lowest BCUT2D eigenvalue weighted by Gasteiger charge is -2.31. The van der Waals surface area contributed by atoms with E-state index in [0.29, 0.717) is 49.0 Å². The van der Waals surface area contributed by atoms with E-state index in [2.05, 4.69) is 26.8 Å². The van der Waals surface area contributed by atoms with Crippen LogP contribution in [0.5, 0.6) is 11.5 Å². The summed E-state index contributed by atoms with van der Waals surface area (Å²) in [5.41, 5.74) is 7.55. The molecular weight excluding hydrogens is 641 g/mol. The van der Waals surface area contributed by atoms with Gasteiger partial charge in [0.05, 0.1) is 13.7 Å². The highest BCUT2D eigenvalue weighted by Crippen LogP contribution is 2.44. The molecule has 0 fully saturated rings. The van der Waals surface area contributed by atoms with Gasteiger partial charge < -0.3 is 19.3 Å². The van der Waals surface area contributed by atoms with Crippen LogP contribution in [0, 0.1) is 5.82 Å². The van der Waals surface area contributed by atoms with Gasteiger partial charge in [-0.25, -0.2) is 14.8 Å². The van der Waals surface area contributed by atoms with Gasteiger partial charge in [0.1, 0.15) is 17.3 Å². The molecule has 0 bridgehead atoms. The molecule has 8 nitrogen and oxygen atoms in total. The van der Waals surface area contributed by atoms with Crippen LogP contribution >= 0.6 is 15.9 Å². The lowest BCUT2D eigenvalue weighted by atomic mass is 9.82. The lowest BCUT2D eigenvalue weighted by molar-refractivity contribution is -0.130. The van der Waals surface area contributed by atoms with Crippen LogP contribution in [-0.2, 0) is 22.4 Å². The van der Waals surface area contributed by atoms with Crippen LogP contribution in [0.4, 0.5) is 4.39 Å². The Bertz CT molecular complexity index is 1630. The fourth-order valence-electron chi connectivity index (χ4n) is 5.17. The SMILES string of the molecule is COc1cccc([C@@H]2OC(c3ccc(OCCCO)cc3)=N[C@]2(Cc2ccccc2Br)C(=O)NNCCc2cccc(F)c2)c1. The Morgan fingerprint density at radius 3 is 2.58 bits per heavy atom. The maximum atomic E-state index is 14.4. The Kier molecular flexibility index (Phi) is 10.8. The van der Waals surface area contributed by atoms with Crippen molar-refractivity contribution in [3.63, 3.8) is 0 Å². The number of ether oxygens (including phenoxy) is 3. The molecule has 1 aliphatic heterocycles. The molecule has 0 aromatic heterocycles. The molecule has 0 aliphatic carbocycles. The van der Waals surface area contributed by atoms with Crippen LogP contribution < -0.4 is 20.3 Å². The molecule has 45 heavy (non-hydrogen) atoms. The van der Waals surface area contributed by atoms with Crippen molar-refractivity contribution in [2.24, 2.45) is 4.99 Å². The average molecular weight is 677 g/mol. The van der Waals surface area contributed by atoms with Gasteiger partial charge in [-0.05, 0) is 77.7 Å². The largest absolute Gasteiger partial charge is 0.497 e. The quantitative estimate of drug-likeness (QED) is 0.117. The monoisotopic (exact) mass is 675 g/mol. The average Bonchev–Trinajstić information content (AvgIpc) is 3.45. The van der Waals surface area contributed by atoms with Gasteiger partial charge >= 0.3 is 0 Å². The zero-order chi connectivity index (χ0) is 31.6. The topological polar surface area (TPSA) is 101 Å². The number of methoxy groups -OCH3 is 1. The number of carbonyl (C=O) groups is 1. The van der Waals surface area contributed by atoms with Crippen molar-refractivity contribution < 1.29 is 28.5 Å². The molecule has 10 heteroatoms. The first-order valence-electron chi connectivity index (χ1n) is 14.7. The van der Waals surface area contributed by atoms with E-state index in [4.69, 9.17) is 24.3 Å². The maximum Gasteiger partial charge on any atom is 0.266 e. The number of nitrogens with one attached hydrogen (secondary N) is 2. The fraction of sp³-hybridized carbons (Fsp3) is 0.257. The van der Waals surface area contributed by atoms with Gasteiger partial charge in [0, 0.05) is 36.0 Å². The smallest absolute Gasteiger partial charge is 0.266 e. The molecule has 1 amide bonds. The number of hydrogen-bond acceptors (Lipinski definition) is 7. The number of aliphatic imine (C=N–C) groups is 1. The van der Waals surface area contributed by atoms with E-state index < -0.39 is 11.6 Å². The number of hydrogen-bond donors (Lipinski definition) is 3. The first-order chi connectivity index (χ1) is 21.9. The molecule has 0 saturated heterocycles. The third-order valence-corrected chi connectivity index (χ3v) is 8.25. The second-order valence-corrected chi connectivity index (χ2v) is 11.4. The summed E-state index contributed by atoms with van der Waals surface area (Å²) in [6, 6.07) is 28.8. The van der Waals surface area contributed by atoms with Crippen LogP contribution in [0.2, 0.25) is 0 Å². The van der Waals surface area contributed by atoms with E-state index in [1.165, 1.54) is 12.1 Å². The van der Waals surface area contributed by atoms with Crippen molar-refractivity contribution in [1.29, 1.82) is 0 Å². The van der Waals surface area contributed by atoms with Crippen molar-refractivity contribution in [2.75, 3.05) is 26.9 Å². The summed E-state index contributed by atoms with van der Waals surface area (Å²) < 4.78 is 32.3. The van der Waals surface area contributed by atoms with Gasteiger partial charge in [0.2, 0.25) is 5.90 Å². The minimum absolute atomic E-state index is 0.0513. The molecule has 2 atom stereocenters. The predicted octanol–water partition coefficient (Wildman–Crippen LogP) is 5.72. The van der Waals surface area contributed by atoms with Crippen molar-refractivity contribution >= 4 is 27.7 Å². The summed E-state index contributed by atoms with van der Waals surface area (Å²) in [5, 5.41) is 9.06. The highest BCUT2D eigenvalue weighted by Gasteiger charge is 2.53. The van der Waals surface area contributed by atoms with Crippen molar-refractivity contribution in [3.05, 3.63) is 130 Å². The Hall–Kier alpha value is -4.25. The number of rotatable bonds is 14. The molecule has 1 heterocycles. The number of aliphatic hydroxyl groups excluding tert-OH is 1. The summed E-state index contributed by atoms with van der Waals surface area (Å²) in [4.78, 5) is 19.4. The number of halogens is 2. The zero-order valence-electron chi connectivity index (χ0n) is 24.8. The van der Waals surface area contributed by atoms with Crippen LogP contribution in [0.1, 0.15) is 34.8 Å². The Labute approximate surface area is 270 Å². The number of benzene rings is 4. The predicted molar refractivity (Wildman–Crippen MR) is 174 cm³/mol. The van der Waals surface area contributed by atoms with Crippen molar-refractivity contribution in [3.8, 4) is 11.5 Å². The third kappa shape index (κ3) is 7.89. The molecule has 3 N–H and O–H groups in total. The normalized spacial score (nSPS) is 17.3. The van der Waals surface area contributed by atoms with Gasteiger partial charge in [-0.3, -0.25) is 10.2 Å². The number of amides is 1. The molecule has 0 unspecified atom stereocenters. The van der Waals surface area contributed by atoms with Crippen LogP contribution in [0.15, 0.2) is 107 Å². The number of carbonyl (C=O) groups excluding carboxylic acids is 1. The molecule has 234 valence electrons. The summed E-state index contributed by atoms with van der Waals surface area (Å²) in [7, 11) is 1.59. The fourth-order valence-corrected chi connectivity index (χ4v) is 5.59. The summed E-state index contributed by atoms with van der Waals surface area (Å²) in [6.45, 7) is 0.821. The van der Waals surface area contributed by atoms with Crippen LogP contribution in [-0.4, -0.2) is 49.3 Å². The third-order valence-electron chi connectivity index (χ3n) is 7.47. The minimum atomic E-state index is -1.42. The molecule has 5 rings (SSSR count). The van der Waals surface area contributed by atoms with Gasteiger partial charge in [-0.1, -0.05) is 58.4 Å². The number of hydrazine groups is 1. The Balaban J connectivity index is 1.50. The molecule has 4 aromatic rings. The first kappa shape index (κ1) is 32.2. The first-order valence-corrected chi connectivity index (χ1v) is 15.5. The highest BCUT2D eigenvalue weighted by atomic mass is 79.9. The van der Waals surface area contributed by atoms with Gasteiger partial charge in [-0.2, -0.15) is 0 Å². The lowest BCUT2D eigenvalue weighted by Crippen LogP contribution is -2.54. The second kappa shape index (κ2) is 15.2. The molecular formula is C35H35BrFN3O5. The van der Waals surface area contributed by atoms with E-state index in [-0.39, 0.29) is 24.8 Å². The molecule has 0 saturated carbocycles. The van der Waals surface area contributed by atoms with Gasteiger partial charge in [0.15, 0.2) is 11.6 Å². The summed E-state index contributed by atoms with van der Waals surface area (Å²) >= 11 is 3.65. The minimum Gasteiger partial charge on any atom is -0.497 e. The Morgan fingerprint density at radius 2 is 1.82 bits per heavy atom. The number of nitrogens with zero attached hydrogens (tertiary/aromatic N) is 1. The van der Waals surface area contributed by atoms with Gasteiger partial charge in [-0.15, -0.1) is 0 Å². The Morgan fingerprint density at radius 1 is 1.02 bits per heavy atom. The zero-order valence-corrected chi connectivity index (χ0v) is 26.4.